The van der Waals surface area contributed by atoms with Gasteiger partial charge in [-0.05, 0) is 41.7 Å². The van der Waals surface area contributed by atoms with Crippen LogP contribution in [0.5, 0.6) is 0 Å². The zero-order valence-electron chi connectivity index (χ0n) is 17.9. The highest BCUT2D eigenvalue weighted by atomic mass is 79.9. The molecule has 33 heavy (non-hydrogen) atoms. The van der Waals surface area contributed by atoms with Crippen LogP contribution >= 0.6 is 15.9 Å². The first-order valence-corrected chi connectivity index (χ1v) is 11.0. The van der Waals surface area contributed by atoms with Crippen molar-refractivity contribution in [1.82, 2.24) is 0 Å². The van der Waals surface area contributed by atoms with Gasteiger partial charge in [-0.25, -0.2) is 0 Å². The maximum Gasteiger partial charge on any atom is 0.306 e. The fourth-order valence-corrected chi connectivity index (χ4v) is 4.84. The molecule has 0 fully saturated rings. The van der Waals surface area contributed by atoms with Crippen LogP contribution in [0.2, 0.25) is 0 Å². The SMILES string of the molecule is CC1(C)CC(=O)C2=C(C1)N(c1ccc(F)c([N+](=O)[O-])c1)C(N)=C(C#N)[C@H]2c1ccc(Br)cc1. The number of nitrogens with zero attached hydrogens (tertiary/aromatic N) is 3. The maximum absolute atomic E-state index is 14.0. The molecule has 0 saturated carbocycles. The van der Waals surface area contributed by atoms with Gasteiger partial charge in [0.2, 0.25) is 5.82 Å². The zero-order valence-corrected chi connectivity index (χ0v) is 19.5. The van der Waals surface area contributed by atoms with Gasteiger partial charge in [0.25, 0.3) is 0 Å². The zero-order chi connectivity index (χ0) is 24.1. The summed E-state index contributed by atoms with van der Waals surface area (Å²) in [6.07, 6.45) is 0.737. The molecule has 1 aliphatic heterocycles. The van der Waals surface area contributed by atoms with Crippen molar-refractivity contribution >= 4 is 33.1 Å². The highest BCUT2D eigenvalue weighted by Gasteiger charge is 2.44. The number of nitro benzene ring substituents is 1. The fourth-order valence-electron chi connectivity index (χ4n) is 4.57. The molecule has 0 spiro atoms. The number of nitrogens with two attached hydrogens (primary N) is 1. The molecule has 2 aliphatic rings. The van der Waals surface area contributed by atoms with Gasteiger partial charge in [-0.3, -0.25) is 19.8 Å². The molecule has 4 rings (SSSR count). The Balaban J connectivity index is 2.00. The number of hydrogen-bond donors (Lipinski definition) is 1. The van der Waals surface area contributed by atoms with Crippen molar-refractivity contribution < 1.29 is 14.1 Å². The molecule has 9 heteroatoms. The summed E-state index contributed by atoms with van der Waals surface area (Å²) >= 11 is 3.40. The van der Waals surface area contributed by atoms with Crippen molar-refractivity contribution in [2.45, 2.75) is 32.6 Å². The molecule has 1 atom stereocenters. The van der Waals surface area contributed by atoms with Crippen molar-refractivity contribution in [2.24, 2.45) is 11.1 Å². The van der Waals surface area contributed by atoms with Crippen LogP contribution in [-0.4, -0.2) is 10.7 Å². The van der Waals surface area contributed by atoms with E-state index in [-0.39, 0.29) is 29.3 Å². The standard InChI is InChI=1S/C24H20BrFN4O3/c1-24(2)10-19-22(20(31)11-24)21(13-3-5-14(25)6-4-13)16(12-27)23(28)29(19)15-7-8-17(26)18(9-15)30(32)33/h3-9,21H,10-11,28H2,1-2H3/t21-/m1/s1. The van der Waals surface area contributed by atoms with Gasteiger partial charge in [0, 0.05) is 28.2 Å². The lowest BCUT2D eigenvalue weighted by Gasteiger charge is -2.43. The molecular formula is C24H20BrFN4O3. The Morgan fingerprint density at radius 2 is 1.91 bits per heavy atom. The third-order valence-corrected chi connectivity index (χ3v) is 6.50. The van der Waals surface area contributed by atoms with Crippen LogP contribution in [0.3, 0.4) is 0 Å². The molecule has 0 aromatic heterocycles. The van der Waals surface area contributed by atoms with E-state index in [1.165, 1.54) is 11.0 Å². The summed E-state index contributed by atoms with van der Waals surface area (Å²) < 4.78 is 14.9. The average Bonchev–Trinajstić information content (AvgIpc) is 2.73. The van der Waals surface area contributed by atoms with E-state index in [1.807, 2.05) is 38.1 Å². The number of anilines is 1. The summed E-state index contributed by atoms with van der Waals surface area (Å²) in [6, 6.07) is 12.9. The molecule has 168 valence electrons. The van der Waals surface area contributed by atoms with Crippen LogP contribution in [0.4, 0.5) is 15.8 Å². The highest BCUT2D eigenvalue weighted by molar-refractivity contribution is 9.10. The van der Waals surface area contributed by atoms with Crippen LogP contribution in [0.1, 0.15) is 38.2 Å². The number of rotatable bonds is 3. The summed E-state index contributed by atoms with van der Waals surface area (Å²) in [7, 11) is 0. The molecule has 2 N–H and O–H groups in total. The first-order chi connectivity index (χ1) is 15.5. The van der Waals surface area contributed by atoms with E-state index in [1.54, 1.807) is 0 Å². The van der Waals surface area contributed by atoms with E-state index < -0.39 is 27.8 Å². The van der Waals surface area contributed by atoms with E-state index in [9.17, 15) is 24.6 Å². The van der Waals surface area contributed by atoms with Crippen LogP contribution in [0, 0.1) is 32.7 Å². The lowest BCUT2D eigenvalue weighted by Crippen LogP contribution is -2.42. The Hall–Kier alpha value is -3.51. The molecule has 0 bridgehead atoms. The summed E-state index contributed by atoms with van der Waals surface area (Å²) in [5, 5.41) is 21.4. The van der Waals surface area contributed by atoms with Gasteiger partial charge in [0.1, 0.15) is 5.82 Å². The van der Waals surface area contributed by atoms with Crippen LogP contribution in [0.15, 0.2) is 69.6 Å². The number of ketones is 1. The second kappa shape index (κ2) is 8.12. The number of allylic oxidation sites excluding steroid dienone is 3. The molecule has 2 aromatic carbocycles. The number of Topliss-reactive ketones (excluding diaryl/α,β-unsaturated/α-hetero) is 1. The number of carbonyl (C=O) groups is 1. The van der Waals surface area contributed by atoms with Crippen molar-refractivity contribution in [3.8, 4) is 6.07 Å². The third-order valence-electron chi connectivity index (χ3n) is 5.97. The molecule has 0 unspecified atom stereocenters. The molecule has 2 aromatic rings. The Labute approximate surface area is 198 Å². The normalized spacial score (nSPS) is 19.9. The number of hydrogen-bond acceptors (Lipinski definition) is 6. The van der Waals surface area contributed by atoms with E-state index in [0.717, 1.165) is 22.2 Å². The summed E-state index contributed by atoms with van der Waals surface area (Å²) in [5.41, 5.74) is 7.52. The first kappa shape index (κ1) is 22.7. The minimum absolute atomic E-state index is 0.0653. The fraction of sp³-hybridized carbons (Fsp3) is 0.250. The number of nitriles is 1. The Morgan fingerprint density at radius 1 is 1.24 bits per heavy atom. The van der Waals surface area contributed by atoms with Gasteiger partial charge in [0.15, 0.2) is 5.78 Å². The molecular weight excluding hydrogens is 491 g/mol. The Bertz CT molecular complexity index is 1290. The third kappa shape index (κ3) is 3.91. The van der Waals surface area contributed by atoms with E-state index >= 15 is 0 Å². The summed E-state index contributed by atoms with van der Waals surface area (Å²) in [6.45, 7) is 3.91. The van der Waals surface area contributed by atoms with E-state index in [0.29, 0.717) is 17.7 Å². The predicted octanol–water partition coefficient (Wildman–Crippen LogP) is 5.44. The number of halogens is 2. The van der Waals surface area contributed by atoms with Gasteiger partial charge < -0.3 is 5.73 Å². The maximum atomic E-state index is 14.0. The Kier molecular flexibility index (Phi) is 5.58. The second-order valence-corrected chi connectivity index (χ2v) is 9.84. The molecule has 1 heterocycles. The first-order valence-electron chi connectivity index (χ1n) is 10.2. The highest BCUT2D eigenvalue weighted by Crippen LogP contribution is 2.50. The monoisotopic (exact) mass is 510 g/mol. The van der Waals surface area contributed by atoms with Gasteiger partial charge in [-0.15, -0.1) is 0 Å². The molecule has 7 nitrogen and oxygen atoms in total. The number of carbonyl (C=O) groups excluding carboxylic acids is 1. The van der Waals surface area contributed by atoms with Gasteiger partial charge in [-0.1, -0.05) is 41.9 Å². The van der Waals surface area contributed by atoms with Crippen molar-refractivity contribution in [1.29, 1.82) is 5.26 Å². The lowest BCUT2D eigenvalue weighted by atomic mass is 9.68. The second-order valence-electron chi connectivity index (χ2n) is 8.92. The molecule has 1 aliphatic carbocycles. The molecule has 0 saturated heterocycles. The van der Waals surface area contributed by atoms with E-state index in [2.05, 4.69) is 22.0 Å². The van der Waals surface area contributed by atoms with Gasteiger partial charge in [-0.2, -0.15) is 9.65 Å². The van der Waals surface area contributed by atoms with Crippen molar-refractivity contribution in [3.63, 3.8) is 0 Å². The van der Waals surface area contributed by atoms with Crippen LogP contribution < -0.4 is 10.6 Å². The Morgan fingerprint density at radius 3 is 2.52 bits per heavy atom. The topological polar surface area (TPSA) is 113 Å². The van der Waals surface area contributed by atoms with E-state index in [4.69, 9.17) is 5.73 Å². The van der Waals surface area contributed by atoms with Crippen LogP contribution in [-0.2, 0) is 4.79 Å². The number of benzene rings is 2. The van der Waals surface area contributed by atoms with Gasteiger partial charge in [0.05, 0.1) is 28.2 Å². The molecule has 0 amide bonds. The predicted molar refractivity (Wildman–Crippen MR) is 124 cm³/mol. The van der Waals surface area contributed by atoms with Crippen molar-refractivity contribution in [2.75, 3.05) is 4.90 Å². The number of nitro groups is 1. The van der Waals surface area contributed by atoms with Crippen molar-refractivity contribution in [3.05, 3.63) is 91.1 Å². The molecule has 0 radical (unpaired) electrons. The minimum atomic E-state index is -0.981. The van der Waals surface area contributed by atoms with Gasteiger partial charge >= 0.3 is 5.69 Å². The minimum Gasteiger partial charge on any atom is -0.384 e. The largest absolute Gasteiger partial charge is 0.384 e. The summed E-state index contributed by atoms with van der Waals surface area (Å²) in [4.78, 5) is 25.5. The quantitative estimate of drug-likeness (QED) is 0.434. The lowest BCUT2D eigenvalue weighted by molar-refractivity contribution is -0.387. The smallest absolute Gasteiger partial charge is 0.306 e. The average molecular weight is 511 g/mol. The summed E-state index contributed by atoms with van der Waals surface area (Å²) in [5.74, 6) is -1.69. The van der Waals surface area contributed by atoms with Crippen LogP contribution in [0.25, 0.3) is 0 Å².